The number of hydrogen-bond donors (Lipinski definition) is 0. The van der Waals surface area contributed by atoms with E-state index in [0.29, 0.717) is 54.5 Å². The fourth-order valence-corrected chi connectivity index (χ4v) is 4.00. The standard InChI is InChI=1S/C26H26F2N4O3/c1-16(2)25(33)32-14-12-31(13-15-32)24-23(26(34)35-3)29-21(17-4-8-19(27)9-5-17)22(30-24)18-6-10-20(28)11-7-18/h4-11,16H,12-15H2,1-3H3. The van der Waals surface area contributed by atoms with E-state index >= 15 is 0 Å². The van der Waals surface area contributed by atoms with Crippen LogP contribution in [0.15, 0.2) is 48.5 Å². The van der Waals surface area contributed by atoms with Crippen molar-refractivity contribution in [3.8, 4) is 22.5 Å². The summed E-state index contributed by atoms with van der Waals surface area (Å²) in [5.41, 5.74) is 1.91. The normalized spacial score (nSPS) is 13.8. The van der Waals surface area contributed by atoms with Crippen molar-refractivity contribution >= 4 is 17.7 Å². The second-order valence-corrected chi connectivity index (χ2v) is 8.57. The summed E-state index contributed by atoms with van der Waals surface area (Å²) in [6, 6.07) is 11.5. The number of piperazine rings is 1. The van der Waals surface area contributed by atoms with E-state index in [2.05, 4.69) is 4.98 Å². The number of carbonyl (C=O) groups is 2. The molecule has 0 N–H and O–H groups in total. The summed E-state index contributed by atoms with van der Waals surface area (Å²) in [5, 5.41) is 0. The smallest absolute Gasteiger partial charge is 0.360 e. The Bertz CT molecular complexity index is 1220. The highest BCUT2D eigenvalue weighted by molar-refractivity contribution is 5.95. The molecule has 2 aromatic carbocycles. The predicted octanol–water partition coefficient (Wildman–Crippen LogP) is 4.18. The van der Waals surface area contributed by atoms with Gasteiger partial charge in [-0.15, -0.1) is 0 Å². The molecule has 0 bridgehead atoms. The van der Waals surface area contributed by atoms with Crippen LogP contribution in [0.25, 0.3) is 22.5 Å². The summed E-state index contributed by atoms with van der Waals surface area (Å²) < 4.78 is 32.2. The Balaban J connectivity index is 1.82. The molecule has 9 heteroatoms. The zero-order valence-electron chi connectivity index (χ0n) is 19.8. The molecule has 0 spiro atoms. The van der Waals surface area contributed by atoms with Gasteiger partial charge in [-0.05, 0) is 48.5 Å². The number of halogens is 2. The summed E-state index contributed by atoms with van der Waals surface area (Å²) >= 11 is 0. The number of benzene rings is 2. The first-order valence-corrected chi connectivity index (χ1v) is 11.3. The molecule has 1 amide bonds. The summed E-state index contributed by atoms with van der Waals surface area (Å²) in [6.45, 7) is 5.58. The van der Waals surface area contributed by atoms with Gasteiger partial charge in [-0.25, -0.2) is 23.5 Å². The molecule has 0 unspecified atom stereocenters. The van der Waals surface area contributed by atoms with Crippen molar-refractivity contribution in [3.63, 3.8) is 0 Å². The first-order chi connectivity index (χ1) is 16.8. The van der Waals surface area contributed by atoms with Crippen LogP contribution in [0, 0.1) is 17.6 Å². The van der Waals surface area contributed by atoms with E-state index in [0.717, 1.165) is 0 Å². The molecule has 1 aliphatic heterocycles. The third-order valence-corrected chi connectivity index (χ3v) is 5.88. The number of rotatable bonds is 5. The lowest BCUT2D eigenvalue weighted by Gasteiger charge is -2.36. The van der Waals surface area contributed by atoms with Gasteiger partial charge in [-0.2, -0.15) is 0 Å². The van der Waals surface area contributed by atoms with E-state index in [-0.39, 0.29) is 17.5 Å². The maximum absolute atomic E-state index is 13.6. The second kappa shape index (κ2) is 10.2. The van der Waals surface area contributed by atoms with Crippen LogP contribution in [0.3, 0.4) is 0 Å². The molecule has 1 aliphatic rings. The van der Waals surface area contributed by atoms with Gasteiger partial charge in [0, 0.05) is 43.2 Å². The minimum atomic E-state index is -0.665. The van der Waals surface area contributed by atoms with Crippen LogP contribution < -0.4 is 4.90 Å². The van der Waals surface area contributed by atoms with E-state index in [1.165, 1.54) is 31.4 Å². The third kappa shape index (κ3) is 5.13. The average molecular weight is 481 g/mol. The SMILES string of the molecule is COC(=O)c1nc(-c2ccc(F)cc2)c(-c2ccc(F)cc2)nc1N1CCN(C(=O)C(C)C)CC1. The Kier molecular flexibility index (Phi) is 7.04. The number of aromatic nitrogens is 2. The molecule has 1 fully saturated rings. The van der Waals surface area contributed by atoms with Gasteiger partial charge in [0.15, 0.2) is 11.5 Å². The molecule has 35 heavy (non-hydrogen) atoms. The van der Waals surface area contributed by atoms with Crippen LogP contribution >= 0.6 is 0 Å². The first-order valence-electron chi connectivity index (χ1n) is 11.3. The van der Waals surface area contributed by atoms with Crippen LogP contribution in [0.4, 0.5) is 14.6 Å². The summed E-state index contributed by atoms with van der Waals surface area (Å²) in [5.74, 6) is -1.19. The topological polar surface area (TPSA) is 75.6 Å². The van der Waals surface area contributed by atoms with Crippen LogP contribution in [0.2, 0.25) is 0 Å². The highest BCUT2D eigenvalue weighted by Crippen LogP contribution is 2.33. The van der Waals surface area contributed by atoms with Gasteiger partial charge in [-0.3, -0.25) is 4.79 Å². The van der Waals surface area contributed by atoms with Crippen molar-refractivity contribution in [2.24, 2.45) is 5.92 Å². The van der Waals surface area contributed by atoms with E-state index in [9.17, 15) is 18.4 Å². The minimum Gasteiger partial charge on any atom is -0.464 e. The summed E-state index contributed by atoms with van der Waals surface area (Å²) in [6.07, 6.45) is 0. The molecular weight excluding hydrogens is 454 g/mol. The number of anilines is 1. The van der Waals surface area contributed by atoms with Gasteiger partial charge < -0.3 is 14.5 Å². The molecule has 0 saturated carbocycles. The van der Waals surface area contributed by atoms with Gasteiger partial charge in [0.1, 0.15) is 11.6 Å². The maximum atomic E-state index is 13.6. The fourth-order valence-electron chi connectivity index (χ4n) is 4.00. The Morgan fingerprint density at radius 3 is 1.77 bits per heavy atom. The molecule has 3 aromatic rings. The summed E-state index contributed by atoms with van der Waals surface area (Å²) in [7, 11) is 1.26. The number of esters is 1. The fraction of sp³-hybridized carbons (Fsp3) is 0.308. The Morgan fingerprint density at radius 2 is 1.31 bits per heavy atom. The van der Waals surface area contributed by atoms with Crippen molar-refractivity contribution in [2.75, 3.05) is 38.2 Å². The Morgan fingerprint density at radius 1 is 0.829 bits per heavy atom. The van der Waals surface area contributed by atoms with Crippen molar-refractivity contribution in [1.29, 1.82) is 0 Å². The molecule has 1 saturated heterocycles. The van der Waals surface area contributed by atoms with E-state index in [1.54, 1.807) is 29.2 Å². The maximum Gasteiger partial charge on any atom is 0.360 e. The lowest BCUT2D eigenvalue weighted by molar-refractivity contribution is -0.134. The number of ether oxygens (including phenoxy) is 1. The highest BCUT2D eigenvalue weighted by Gasteiger charge is 2.29. The van der Waals surface area contributed by atoms with Crippen LogP contribution in [-0.2, 0) is 9.53 Å². The van der Waals surface area contributed by atoms with E-state index in [4.69, 9.17) is 9.72 Å². The highest BCUT2D eigenvalue weighted by atomic mass is 19.1. The van der Waals surface area contributed by atoms with Crippen LogP contribution in [-0.4, -0.2) is 60.0 Å². The summed E-state index contributed by atoms with van der Waals surface area (Å²) in [4.78, 5) is 38.3. The number of methoxy groups -OCH3 is 1. The Hall–Kier alpha value is -3.88. The number of amides is 1. The third-order valence-electron chi connectivity index (χ3n) is 5.88. The number of nitrogens with zero attached hydrogens (tertiary/aromatic N) is 4. The van der Waals surface area contributed by atoms with Gasteiger partial charge in [0.25, 0.3) is 0 Å². The minimum absolute atomic E-state index is 0.0151. The number of carbonyl (C=O) groups excluding carboxylic acids is 2. The zero-order chi connectivity index (χ0) is 25.1. The monoisotopic (exact) mass is 480 g/mol. The molecule has 0 atom stereocenters. The molecule has 182 valence electrons. The van der Waals surface area contributed by atoms with E-state index < -0.39 is 17.6 Å². The first kappa shape index (κ1) is 24.3. The molecule has 0 aliphatic carbocycles. The van der Waals surface area contributed by atoms with Crippen molar-refractivity contribution < 1.29 is 23.1 Å². The molecule has 7 nitrogen and oxygen atoms in total. The lowest BCUT2D eigenvalue weighted by atomic mass is 10.0. The van der Waals surface area contributed by atoms with Crippen LogP contribution in [0.1, 0.15) is 24.3 Å². The average Bonchev–Trinajstić information content (AvgIpc) is 2.88. The molecule has 2 heterocycles. The predicted molar refractivity (Wildman–Crippen MR) is 128 cm³/mol. The van der Waals surface area contributed by atoms with Crippen LogP contribution in [0.5, 0.6) is 0 Å². The van der Waals surface area contributed by atoms with E-state index in [1.807, 2.05) is 18.7 Å². The van der Waals surface area contributed by atoms with Gasteiger partial charge >= 0.3 is 5.97 Å². The zero-order valence-corrected chi connectivity index (χ0v) is 19.8. The number of hydrogen-bond acceptors (Lipinski definition) is 6. The van der Waals surface area contributed by atoms with Gasteiger partial charge in [0.2, 0.25) is 5.91 Å². The Labute approximate surface area is 202 Å². The van der Waals surface area contributed by atoms with Crippen molar-refractivity contribution in [1.82, 2.24) is 14.9 Å². The van der Waals surface area contributed by atoms with Gasteiger partial charge in [0.05, 0.1) is 18.5 Å². The van der Waals surface area contributed by atoms with Gasteiger partial charge in [-0.1, -0.05) is 13.8 Å². The largest absolute Gasteiger partial charge is 0.464 e. The quantitative estimate of drug-likeness (QED) is 0.510. The molecular formula is C26H26F2N4O3. The van der Waals surface area contributed by atoms with Crippen molar-refractivity contribution in [3.05, 3.63) is 65.9 Å². The van der Waals surface area contributed by atoms with Crippen molar-refractivity contribution in [2.45, 2.75) is 13.8 Å². The molecule has 1 aromatic heterocycles. The second-order valence-electron chi connectivity index (χ2n) is 8.57. The molecule has 4 rings (SSSR count). The lowest BCUT2D eigenvalue weighted by Crippen LogP contribution is -2.50. The molecule has 0 radical (unpaired) electrons.